The molecule has 16 heteroatoms. The van der Waals surface area contributed by atoms with E-state index in [0.29, 0.717) is 35.6 Å². The molecule has 2 aromatic carbocycles. The van der Waals surface area contributed by atoms with E-state index in [9.17, 15) is 32.3 Å². The lowest BCUT2D eigenvalue weighted by Gasteiger charge is -2.39. The summed E-state index contributed by atoms with van der Waals surface area (Å²) in [5, 5.41) is 10.8. The number of hydrogen-bond donors (Lipinski definition) is 2. The molecule has 1 aliphatic carbocycles. The maximum atomic E-state index is 13.5. The number of para-hydroxylation sites is 1. The van der Waals surface area contributed by atoms with Crippen LogP contribution >= 0.6 is 0 Å². The molecule has 292 valence electrons. The second-order valence-corrected chi connectivity index (χ2v) is 15.8. The van der Waals surface area contributed by atoms with Crippen molar-refractivity contribution in [2.75, 3.05) is 29.9 Å². The fraction of sp³-hybridized carbons (Fsp3) is 0.450. The van der Waals surface area contributed by atoms with Gasteiger partial charge >= 0.3 is 11.9 Å². The van der Waals surface area contributed by atoms with Crippen LogP contribution in [0, 0.1) is 12.8 Å². The summed E-state index contributed by atoms with van der Waals surface area (Å²) in [6.07, 6.45) is 3.06. The number of rotatable bonds is 7. The lowest BCUT2D eigenvalue weighted by Crippen LogP contribution is -2.48. The Labute approximate surface area is 319 Å². The zero-order valence-electron chi connectivity index (χ0n) is 31.1. The number of likely N-dealkylation sites (tertiary alicyclic amines) is 1. The highest BCUT2D eigenvalue weighted by Crippen LogP contribution is 2.41. The Hall–Kier alpha value is -5.51. The average Bonchev–Trinajstić information content (AvgIpc) is 3.94. The van der Waals surface area contributed by atoms with Crippen LogP contribution in [-0.2, 0) is 22.8 Å². The van der Waals surface area contributed by atoms with Crippen LogP contribution in [0.4, 0.5) is 24.5 Å². The molecule has 2 bridgehead atoms. The second-order valence-electron chi connectivity index (χ2n) is 15.8. The third kappa shape index (κ3) is 6.33. The molecular formula is C40H42F3N9O4. The number of amides is 3. The molecule has 2 N–H and O–H groups in total. The van der Waals surface area contributed by atoms with Crippen molar-refractivity contribution in [3.8, 4) is 0 Å². The Bertz CT molecular complexity index is 2460. The molecule has 13 nitrogen and oxygen atoms in total. The molecule has 1 saturated carbocycles. The van der Waals surface area contributed by atoms with Crippen molar-refractivity contribution in [3.63, 3.8) is 0 Å². The fourth-order valence-corrected chi connectivity index (χ4v) is 9.49. The molecule has 3 aliphatic heterocycles. The van der Waals surface area contributed by atoms with E-state index in [1.807, 2.05) is 42.1 Å². The third-order valence-corrected chi connectivity index (χ3v) is 12.3. The monoisotopic (exact) mass is 769 g/mol. The third-order valence-electron chi connectivity index (χ3n) is 12.3. The number of piperazine rings is 1. The number of pyridine rings is 1. The molecule has 4 fully saturated rings. The van der Waals surface area contributed by atoms with E-state index in [2.05, 4.69) is 31.5 Å². The predicted octanol–water partition coefficient (Wildman–Crippen LogP) is 5.34. The van der Waals surface area contributed by atoms with Gasteiger partial charge in [0.1, 0.15) is 17.4 Å². The predicted molar refractivity (Wildman–Crippen MR) is 202 cm³/mol. The average molecular weight is 770 g/mol. The normalized spacial score (nSPS) is 24.4. The largest absolute Gasteiger partial charge is 0.433 e. The van der Waals surface area contributed by atoms with Crippen molar-refractivity contribution in [1.82, 2.24) is 34.1 Å². The van der Waals surface area contributed by atoms with Gasteiger partial charge < -0.3 is 10.2 Å². The van der Waals surface area contributed by atoms with Crippen molar-refractivity contribution in [1.29, 1.82) is 0 Å². The minimum absolute atomic E-state index is 0.202. The molecular weight excluding hydrogens is 727 g/mol. The van der Waals surface area contributed by atoms with Gasteiger partial charge in [-0.25, -0.2) is 9.78 Å². The summed E-state index contributed by atoms with van der Waals surface area (Å²) >= 11 is 0. The highest BCUT2D eigenvalue weighted by atomic mass is 19.4. The molecule has 3 amide bonds. The van der Waals surface area contributed by atoms with Gasteiger partial charge in [-0.05, 0) is 93.3 Å². The maximum Gasteiger partial charge on any atom is 0.433 e. The second kappa shape index (κ2) is 13.6. The van der Waals surface area contributed by atoms with E-state index >= 15 is 0 Å². The first-order valence-corrected chi connectivity index (χ1v) is 19.2. The quantitative estimate of drug-likeness (QED) is 0.212. The van der Waals surface area contributed by atoms with Gasteiger partial charge in [0.05, 0.1) is 28.3 Å². The van der Waals surface area contributed by atoms with Crippen molar-refractivity contribution in [2.45, 2.75) is 82.2 Å². The number of hydrogen-bond acceptors (Lipinski definition) is 8. The summed E-state index contributed by atoms with van der Waals surface area (Å²) in [5.74, 6) is -0.885. The number of imidazole rings is 1. The van der Waals surface area contributed by atoms with Crippen LogP contribution in [-0.4, -0.2) is 78.2 Å². The number of carbonyl (C=O) groups excluding carboxylic acids is 3. The molecule has 3 aromatic heterocycles. The Balaban J connectivity index is 0.825. The van der Waals surface area contributed by atoms with Crippen LogP contribution in [0.5, 0.6) is 0 Å². The fourth-order valence-electron chi connectivity index (χ4n) is 9.49. The number of nitrogens with one attached hydrogen (secondary N) is 2. The lowest BCUT2D eigenvalue weighted by atomic mass is 9.85. The minimum atomic E-state index is -4.64. The summed E-state index contributed by atoms with van der Waals surface area (Å²) in [5.41, 5.74) is 2.88. The van der Waals surface area contributed by atoms with Crippen LogP contribution < -0.4 is 21.2 Å². The molecule has 0 spiro atoms. The van der Waals surface area contributed by atoms with Crippen LogP contribution in [0.25, 0.3) is 21.9 Å². The summed E-state index contributed by atoms with van der Waals surface area (Å²) in [6, 6.07) is 13.1. The van der Waals surface area contributed by atoms with E-state index in [4.69, 9.17) is 5.10 Å². The molecule has 5 aromatic rings. The molecule has 3 saturated heterocycles. The Morgan fingerprint density at radius 3 is 2.48 bits per heavy atom. The number of piperidine rings is 1. The SMILES string of the molecule is Cc1cc2nn(C3CCC(CN4C[C@@H]5C[C@H]4CN5c4cccc5c4n(C)c(=O)n5C4CCC(=O)NC4=O)CC3)cc2cc1NC(=O)c1cccc(C(F)(F)F)n1. The number of nitrogens with zero attached hydrogens (tertiary/aromatic N) is 7. The number of carbonyl (C=O) groups is 3. The molecule has 6 heterocycles. The Morgan fingerprint density at radius 2 is 1.75 bits per heavy atom. The van der Waals surface area contributed by atoms with E-state index in [0.717, 1.165) is 85.5 Å². The van der Waals surface area contributed by atoms with Gasteiger partial charge in [-0.3, -0.25) is 38.4 Å². The number of anilines is 2. The molecule has 56 heavy (non-hydrogen) atoms. The Morgan fingerprint density at radius 1 is 0.964 bits per heavy atom. The maximum absolute atomic E-state index is 13.5. The number of aromatic nitrogens is 5. The number of imide groups is 1. The van der Waals surface area contributed by atoms with Crippen LogP contribution in [0.15, 0.2) is 59.5 Å². The van der Waals surface area contributed by atoms with Crippen LogP contribution in [0.1, 0.15) is 78.8 Å². The minimum Gasteiger partial charge on any atom is -0.364 e. The number of halogens is 3. The van der Waals surface area contributed by atoms with E-state index in [1.165, 1.54) is 12.1 Å². The summed E-state index contributed by atoms with van der Waals surface area (Å²) < 4.78 is 44.7. The van der Waals surface area contributed by atoms with E-state index < -0.39 is 29.7 Å². The van der Waals surface area contributed by atoms with Gasteiger partial charge in [-0.1, -0.05) is 12.1 Å². The molecule has 9 rings (SSSR count). The first-order valence-electron chi connectivity index (χ1n) is 19.2. The van der Waals surface area contributed by atoms with Gasteiger partial charge in [0.2, 0.25) is 11.8 Å². The topological polar surface area (TPSA) is 139 Å². The summed E-state index contributed by atoms with van der Waals surface area (Å²) in [6.45, 7) is 4.69. The molecule has 3 atom stereocenters. The van der Waals surface area contributed by atoms with Crippen LogP contribution in [0.3, 0.4) is 0 Å². The number of alkyl halides is 3. The highest BCUT2D eigenvalue weighted by Gasteiger charge is 2.45. The van der Waals surface area contributed by atoms with Gasteiger partial charge in [-0.15, -0.1) is 0 Å². The standard InChI is InChI=1S/C40H42F3N9O4/c1-22-15-30-24(16-29(22)45-37(54)28-5-3-8-34(44-28)40(41,42)43)19-51(47-30)25-11-9-23(10-12-25)18-49-20-27-17-26(49)21-50(27)31-6-4-7-32-36(31)48(2)39(56)52(32)33-13-14-35(53)46-38(33)55/h3-8,15-16,19,23,25-27,33H,9-14,17-18,20-21H2,1-2H3,(H,45,54)(H,46,53,55)/t23?,25?,26-,27-,33?/m0/s1. The molecule has 0 radical (unpaired) electrons. The van der Waals surface area contributed by atoms with E-state index in [1.54, 1.807) is 16.2 Å². The smallest absolute Gasteiger partial charge is 0.364 e. The van der Waals surface area contributed by atoms with Gasteiger partial charge in [0, 0.05) is 62.5 Å². The summed E-state index contributed by atoms with van der Waals surface area (Å²) in [7, 11) is 1.75. The van der Waals surface area contributed by atoms with E-state index in [-0.39, 0.29) is 29.8 Å². The number of fused-ring (bicyclic) bond motifs is 4. The van der Waals surface area contributed by atoms with Crippen molar-refractivity contribution < 1.29 is 27.6 Å². The Kier molecular flexibility index (Phi) is 8.78. The van der Waals surface area contributed by atoms with Crippen molar-refractivity contribution >= 4 is 51.0 Å². The van der Waals surface area contributed by atoms with Crippen molar-refractivity contribution in [2.24, 2.45) is 13.0 Å². The molecule has 1 unspecified atom stereocenters. The summed E-state index contributed by atoms with van der Waals surface area (Å²) in [4.78, 5) is 59.5. The van der Waals surface area contributed by atoms with Gasteiger partial charge in [0.25, 0.3) is 5.91 Å². The highest BCUT2D eigenvalue weighted by molar-refractivity contribution is 6.04. The van der Waals surface area contributed by atoms with Crippen LogP contribution in [0.2, 0.25) is 0 Å². The first-order chi connectivity index (χ1) is 26.8. The zero-order chi connectivity index (χ0) is 39.0. The molecule has 4 aliphatic rings. The van der Waals surface area contributed by atoms with Gasteiger partial charge in [-0.2, -0.15) is 18.3 Å². The number of benzene rings is 2. The zero-order valence-corrected chi connectivity index (χ0v) is 31.1. The van der Waals surface area contributed by atoms with Gasteiger partial charge in [0.15, 0.2) is 0 Å². The number of aryl methyl sites for hydroxylation is 2. The first kappa shape index (κ1) is 36.1. The lowest BCUT2D eigenvalue weighted by molar-refractivity contribution is -0.141. The van der Waals surface area contributed by atoms with Crippen molar-refractivity contribution in [3.05, 3.63) is 82.2 Å².